The maximum atomic E-state index is 11.3. The highest BCUT2D eigenvalue weighted by molar-refractivity contribution is 6.03. The second-order valence-corrected chi connectivity index (χ2v) is 3.65. The minimum absolute atomic E-state index is 0.521. The third-order valence-electron chi connectivity index (χ3n) is 2.42. The van der Waals surface area contributed by atoms with Gasteiger partial charge in [-0.3, -0.25) is 9.59 Å². The molecule has 0 aromatic carbocycles. The van der Waals surface area contributed by atoms with Crippen molar-refractivity contribution in [2.75, 3.05) is 6.61 Å². The molecule has 0 bridgehead atoms. The number of hydrogen-bond acceptors (Lipinski definition) is 7. The monoisotopic (exact) mass is 249 g/mol. The number of primary amides is 1. The zero-order valence-electron chi connectivity index (χ0n) is 8.81. The van der Waals surface area contributed by atoms with Crippen molar-refractivity contribution in [2.24, 2.45) is 11.5 Å². The fraction of sp³-hybridized carbons (Fsp3) is 0.750. The first kappa shape index (κ1) is 13.8. The van der Waals surface area contributed by atoms with Crippen molar-refractivity contribution in [1.29, 1.82) is 0 Å². The van der Waals surface area contributed by atoms with Crippen LogP contribution in [0.15, 0.2) is 0 Å². The molecule has 98 valence electrons. The van der Waals surface area contributed by atoms with E-state index in [1.54, 1.807) is 0 Å². The summed E-state index contributed by atoms with van der Waals surface area (Å²) in [7, 11) is 0. The van der Waals surface area contributed by atoms with Gasteiger partial charge in [-0.15, -0.1) is 0 Å². The van der Waals surface area contributed by atoms with E-state index in [0.717, 1.165) is 0 Å². The molecule has 0 spiro atoms. The van der Waals surface area contributed by atoms with Crippen LogP contribution in [-0.2, 0) is 14.3 Å². The van der Waals surface area contributed by atoms with E-state index in [9.17, 15) is 19.8 Å². The Hall–Kier alpha value is -1.26. The van der Waals surface area contributed by atoms with Crippen molar-refractivity contribution in [3.8, 4) is 0 Å². The Morgan fingerprint density at radius 1 is 1.35 bits per heavy atom. The predicted molar refractivity (Wildman–Crippen MR) is 53.1 cm³/mol. The van der Waals surface area contributed by atoms with Gasteiger partial charge in [0.1, 0.15) is 18.3 Å². The van der Waals surface area contributed by atoms with Gasteiger partial charge in [0.2, 0.25) is 11.8 Å². The van der Waals surface area contributed by atoms with Crippen LogP contribution >= 0.6 is 0 Å². The second kappa shape index (κ2) is 5.38. The van der Waals surface area contributed by atoms with E-state index in [2.05, 4.69) is 5.32 Å². The van der Waals surface area contributed by atoms with E-state index >= 15 is 0 Å². The number of aliphatic hydroxyl groups is 3. The van der Waals surface area contributed by atoms with Crippen molar-refractivity contribution in [1.82, 2.24) is 5.32 Å². The molecule has 1 aliphatic heterocycles. The molecule has 0 aromatic rings. The Balaban J connectivity index is 2.58. The summed E-state index contributed by atoms with van der Waals surface area (Å²) in [6, 6.07) is -1.57. The fourth-order valence-electron chi connectivity index (χ4n) is 1.38. The summed E-state index contributed by atoms with van der Waals surface area (Å²) in [6.45, 7) is -0.521. The van der Waals surface area contributed by atoms with Crippen LogP contribution in [0.1, 0.15) is 0 Å². The van der Waals surface area contributed by atoms with Crippen LogP contribution in [0.3, 0.4) is 0 Å². The standard InChI is InChI=1S/C8H15N3O6/c9-3(6(10)15)7(16)11-8-5(14)4(13)2(1-12)17-8/h2-5,8,12-14H,1,9H2,(H2,10,15)(H,11,16)/t2-,3?,4-,5-,8-/m1/s1. The zero-order chi connectivity index (χ0) is 13.2. The number of carbonyl (C=O) groups is 2. The molecule has 0 saturated carbocycles. The first-order valence-corrected chi connectivity index (χ1v) is 4.86. The molecule has 2 amide bonds. The van der Waals surface area contributed by atoms with Crippen LogP contribution in [0, 0.1) is 0 Å². The Kier molecular flexibility index (Phi) is 4.37. The Bertz CT molecular complexity index is 312. The lowest BCUT2D eigenvalue weighted by atomic mass is 10.1. The zero-order valence-corrected chi connectivity index (χ0v) is 8.81. The van der Waals surface area contributed by atoms with Crippen molar-refractivity contribution in [3.05, 3.63) is 0 Å². The van der Waals surface area contributed by atoms with Crippen LogP contribution in [0.2, 0.25) is 0 Å². The maximum Gasteiger partial charge on any atom is 0.248 e. The third kappa shape index (κ3) is 2.90. The van der Waals surface area contributed by atoms with Crippen molar-refractivity contribution >= 4 is 11.8 Å². The molecular weight excluding hydrogens is 234 g/mol. The average Bonchev–Trinajstić information content (AvgIpc) is 2.55. The highest BCUT2D eigenvalue weighted by Crippen LogP contribution is 2.19. The number of amides is 2. The fourth-order valence-corrected chi connectivity index (χ4v) is 1.38. The van der Waals surface area contributed by atoms with Gasteiger partial charge in [-0.05, 0) is 0 Å². The number of nitrogens with two attached hydrogens (primary N) is 2. The van der Waals surface area contributed by atoms with E-state index in [-0.39, 0.29) is 0 Å². The molecule has 9 heteroatoms. The van der Waals surface area contributed by atoms with E-state index in [1.165, 1.54) is 0 Å². The van der Waals surface area contributed by atoms with Crippen LogP contribution < -0.4 is 16.8 Å². The minimum atomic E-state index is -1.57. The van der Waals surface area contributed by atoms with Gasteiger partial charge < -0.3 is 36.8 Å². The van der Waals surface area contributed by atoms with E-state index < -0.39 is 49.0 Å². The van der Waals surface area contributed by atoms with Gasteiger partial charge in [0, 0.05) is 0 Å². The van der Waals surface area contributed by atoms with Gasteiger partial charge in [-0.2, -0.15) is 0 Å². The normalized spacial score (nSPS) is 34.4. The lowest BCUT2D eigenvalue weighted by molar-refractivity contribution is -0.133. The lowest BCUT2D eigenvalue weighted by Crippen LogP contribution is -2.54. The highest BCUT2D eigenvalue weighted by atomic mass is 16.6. The smallest absolute Gasteiger partial charge is 0.248 e. The van der Waals surface area contributed by atoms with Crippen LogP contribution in [-0.4, -0.2) is 64.3 Å². The summed E-state index contributed by atoms with van der Waals surface area (Å²) in [5.41, 5.74) is 9.96. The molecule has 8 N–H and O–H groups in total. The predicted octanol–water partition coefficient (Wildman–Crippen LogP) is -4.65. The molecule has 1 aliphatic rings. The number of carbonyl (C=O) groups excluding carboxylic acids is 2. The quantitative estimate of drug-likeness (QED) is 0.272. The topological polar surface area (TPSA) is 168 Å². The summed E-state index contributed by atoms with van der Waals surface area (Å²) in [6.07, 6.45) is -5.02. The van der Waals surface area contributed by atoms with Gasteiger partial charge in [-0.1, -0.05) is 0 Å². The summed E-state index contributed by atoms with van der Waals surface area (Å²) >= 11 is 0. The molecule has 0 aliphatic carbocycles. The molecule has 1 rings (SSSR count). The Labute approximate surface area is 96.3 Å². The van der Waals surface area contributed by atoms with Gasteiger partial charge >= 0.3 is 0 Å². The molecule has 1 unspecified atom stereocenters. The Morgan fingerprint density at radius 3 is 2.35 bits per heavy atom. The summed E-state index contributed by atoms with van der Waals surface area (Å²) in [5, 5.41) is 29.7. The van der Waals surface area contributed by atoms with Crippen molar-refractivity contribution < 1.29 is 29.6 Å². The molecule has 5 atom stereocenters. The van der Waals surface area contributed by atoms with Gasteiger partial charge in [0.05, 0.1) is 6.61 Å². The molecular formula is C8H15N3O6. The van der Waals surface area contributed by atoms with E-state index in [1.807, 2.05) is 0 Å². The second-order valence-electron chi connectivity index (χ2n) is 3.65. The Morgan fingerprint density at radius 2 is 1.94 bits per heavy atom. The number of aliphatic hydroxyl groups excluding tert-OH is 3. The van der Waals surface area contributed by atoms with Gasteiger partial charge in [0.15, 0.2) is 12.3 Å². The van der Waals surface area contributed by atoms with Crippen LogP contribution in [0.25, 0.3) is 0 Å². The number of hydrogen-bond donors (Lipinski definition) is 6. The molecule has 1 saturated heterocycles. The lowest BCUT2D eigenvalue weighted by Gasteiger charge is -2.17. The number of nitrogens with one attached hydrogen (secondary N) is 1. The van der Waals surface area contributed by atoms with Crippen molar-refractivity contribution in [3.63, 3.8) is 0 Å². The molecule has 1 heterocycles. The largest absolute Gasteiger partial charge is 0.394 e. The first-order chi connectivity index (χ1) is 7.88. The number of ether oxygens (including phenoxy) is 1. The molecule has 0 aromatic heterocycles. The SMILES string of the molecule is NC(=O)C(N)C(=O)N[C@@H]1O[C@H](CO)[C@@H](O)[C@H]1O. The highest BCUT2D eigenvalue weighted by Gasteiger charge is 2.43. The average molecular weight is 249 g/mol. The third-order valence-corrected chi connectivity index (χ3v) is 2.42. The molecule has 17 heavy (non-hydrogen) atoms. The molecule has 9 nitrogen and oxygen atoms in total. The summed E-state index contributed by atoms with van der Waals surface area (Å²) in [5.74, 6) is -1.97. The minimum Gasteiger partial charge on any atom is -0.394 e. The van der Waals surface area contributed by atoms with Crippen LogP contribution in [0.5, 0.6) is 0 Å². The number of rotatable bonds is 4. The van der Waals surface area contributed by atoms with Crippen molar-refractivity contribution in [2.45, 2.75) is 30.6 Å². The molecule has 0 radical (unpaired) electrons. The first-order valence-electron chi connectivity index (χ1n) is 4.86. The van der Waals surface area contributed by atoms with Crippen LogP contribution in [0.4, 0.5) is 0 Å². The summed E-state index contributed by atoms with van der Waals surface area (Å²) < 4.78 is 4.95. The van der Waals surface area contributed by atoms with E-state index in [4.69, 9.17) is 21.3 Å². The van der Waals surface area contributed by atoms with E-state index in [0.29, 0.717) is 0 Å². The summed E-state index contributed by atoms with van der Waals surface area (Å²) in [4.78, 5) is 21.9. The van der Waals surface area contributed by atoms with Gasteiger partial charge in [0.25, 0.3) is 0 Å². The van der Waals surface area contributed by atoms with Gasteiger partial charge in [-0.25, -0.2) is 0 Å². The maximum absolute atomic E-state index is 11.3. The molecule has 1 fully saturated rings.